The molecule has 0 fully saturated rings. The molecule has 0 aromatic carbocycles. The van der Waals surface area contributed by atoms with E-state index in [2.05, 4.69) is 12.6 Å². The number of hydrogen-bond donors (Lipinski definition) is 1. The van der Waals surface area contributed by atoms with Crippen molar-refractivity contribution in [3.8, 4) is 0 Å². The quantitative estimate of drug-likeness (QED) is 0.466. The zero-order chi connectivity index (χ0) is 10.4. The second-order valence-corrected chi connectivity index (χ2v) is 3.73. The van der Waals surface area contributed by atoms with Gasteiger partial charge in [-0.2, -0.15) is 12.6 Å². The van der Waals surface area contributed by atoms with Crippen LogP contribution in [0.15, 0.2) is 23.3 Å². The summed E-state index contributed by atoms with van der Waals surface area (Å²) in [6, 6.07) is 0. The van der Waals surface area contributed by atoms with Gasteiger partial charge in [-0.25, -0.2) is 22.0 Å². The van der Waals surface area contributed by atoms with Crippen LogP contribution in [0.2, 0.25) is 0 Å². The van der Waals surface area contributed by atoms with Gasteiger partial charge in [0.25, 0.3) is 0 Å². The van der Waals surface area contributed by atoms with E-state index in [9.17, 15) is 22.0 Å². The maximum absolute atomic E-state index is 12.8. The summed E-state index contributed by atoms with van der Waals surface area (Å²) in [5, 5.41) is 0. The van der Waals surface area contributed by atoms with E-state index >= 15 is 0 Å². The second kappa shape index (κ2) is 3.01. The van der Waals surface area contributed by atoms with Crippen LogP contribution in [0.1, 0.15) is 6.92 Å². The molecular formula is C7H5F5S. The Morgan fingerprint density at radius 2 is 1.62 bits per heavy atom. The largest absolute Gasteiger partial charge is 0.238 e. The standard InChI is InChI=1S/C7H5F5S/c1-7(13)5(11)3(9)2(8)4(10)6(7)12/h5,13H,1H3. The van der Waals surface area contributed by atoms with Crippen LogP contribution in [0.3, 0.4) is 0 Å². The van der Waals surface area contributed by atoms with Crippen molar-refractivity contribution in [2.24, 2.45) is 0 Å². The molecule has 0 spiro atoms. The Morgan fingerprint density at radius 1 is 1.15 bits per heavy atom. The van der Waals surface area contributed by atoms with Crippen molar-refractivity contribution in [1.29, 1.82) is 0 Å². The van der Waals surface area contributed by atoms with Gasteiger partial charge in [-0.15, -0.1) is 0 Å². The van der Waals surface area contributed by atoms with Crippen molar-refractivity contribution in [2.75, 3.05) is 0 Å². The van der Waals surface area contributed by atoms with Crippen LogP contribution >= 0.6 is 12.6 Å². The number of thiol groups is 1. The van der Waals surface area contributed by atoms with E-state index in [1.165, 1.54) is 0 Å². The fraction of sp³-hybridized carbons (Fsp3) is 0.429. The molecule has 0 saturated carbocycles. The zero-order valence-electron chi connectivity index (χ0n) is 6.41. The summed E-state index contributed by atoms with van der Waals surface area (Å²) >= 11 is 3.38. The molecule has 1 aliphatic carbocycles. The van der Waals surface area contributed by atoms with Gasteiger partial charge in [-0.05, 0) is 6.92 Å². The molecule has 0 N–H and O–H groups in total. The third kappa shape index (κ3) is 1.37. The number of allylic oxidation sites excluding steroid dienone is 3. The first-order chi connectivity index (χ1) is 5.80. The van der Waals surface area contributed by atoms with E-state index in [-0.39, 0.29) is 0 Å². The summed E-state index contributed by atoms with van der Waals surface area (Å²) in [5.74, 6) is -7.85. The molecule has 0 radical (unpaired) electrons. The van der Waals surface area contributed by atoms with E-state index in [0.29, 0.717) is 0 Å². The van der Waals surface area contributed by atoms with Crippen molar-refractivity contribution in [2.45, 2.75) is 17.8 Å². The predicted octanol–water partition coefficient (Wildman–Crippen LogP) is 3.33. The molecule has 0 saturated heterocycles. The predicted molar refractivity (Wildman–Crippen MR) is 40.8 cm³/mol. The first kappa shape index (κ1) is 10.6. The average molecular weight is 216 g/mol. The van der Waals surface area contributed by atoms with Gasteiger partial charge in [0.15, 0.2) is 29.5 Å². The van der Waals surface area contributed by atoms with Gasteiger partial charge in [0.05, 0.1) is 0 Å². The molecule has 13 heavy (non-hydrogen) atoms. The Bertz CT molecular complexity index is 304. The number of halogens is 5. The lowest BCUT2D eigenvalue weighted by Gasteiger charge is -2.28. The van der Waals surface area contributed by atoms with Gasteiger partial charge in [0.2, 0.25) is 0 Å². The Hall–Kier alpha value is -0.520. The molecule has 2 unspecified atom stereocenters. The molecule has 6 heteroatoms. The van der Waals surface area contributed by atoms with Crippen LogP contribution in [0.4, 0.5) is 22.0 Å². The Labute approximate surface area is 76.5 Å². The van der Waals surface area contributed by atoms with E-state index in [1.54, 1.807) is 0 Å². The normalized spacial score (nSPS) is 35.8. The van der Waals surface area contributed by atoms with Gasteiger partial charge >= 0.3 is 0 Å². The molecule has 0 aliphatic heterocycles. The first-order valence-electron chi connectivity index (χ1n) is 3.28. The van der Waals surface area contributed by atoms with E-state index in [4.69, 9.17) is 0 Å². The fourth-order valence-corrected chi connectivity index (χ4v) is 1.10. The summed E-state index contributed by atoms with van der Waals surface area (Å²) in [6.07, 6.45) is -2.62. The highest BCUT2D eigenvalue weighted by atomic mass is 32.1. The smallest absolute Gasteiger partial charge is 0.196 e. The molecule has 0 nitrogen and oxygen atoms in total. The van der Waals surface area contributed by atoms with Crippen LogP contribution < -0.4 is 0 Å². The lowest BCUT2D eigenvalue weighted by atomic mass is 9.96. The third-order valence-electron chi connectivity index (χ3n) is 1.76. The number of alkyl halides is 1. The summed E-state index contributed by atoms with van der Waals surface area (Å²) in [5.41, 5.74) is 0. The molecular weight excluding hydrogens is 211 g/mol. The maximum atomic E-state index is 12.8. The molecule has 1 aliphatic rings. The van der Waals surface area contributed by atoms with Crippen molar-refractivity contribution in [3.05, 3.63) is 23.3 Å². The monoisotopic (exact) mass is 216 g/mol. The van der Waals surface area contributed by atoms with Gasteiger partial charge in [-0.1, -0.05) is 0 Å². The molecule has 0 amide bonds. The molecule has 0 aromatic heterocycles. The minimum Gasteiger partial charge on any atom is -0.238 e. The zero-order valence-corrected chi connectivity index (χ0v) is 7.31. The van der Waals surface area contributed by atoms with Crippen LogP contribution in [-0.2, 0) is 0 Å². The second-order valence-electron chi connectivity index (χ2n) is 2.80. The van der Waals surface area contributed by atoms with E-state index in [0.717, 1.165) is 6.92 Å². The lowest BCUT2D eigenvalue weighted by Crippen LogP contribution is -2.35. The number of hydrogen-bond acceptors (Lipinski definition) is 1. The fourth-order valence-electron chi connectivity index (χ4n) is 0.893. The minimum absolute atomic E-state index is 0.821. The Morgan fingerprint density at radius 3 is 2.08 bits per heavy atom. The van der Waals surface area contributed by atoms with Crippen molar-refractivity contribution in [3.63, 3.8) is 0 Å². The highest BCUT2D eigenvalue weighted by Crippen LogP contribution is 2.45. The summed E-state index contributed by atoms with van der Waals surface area (Å²) in [4.78, 5) is 0. The Kier molecular flexibility index (Phi) is 2.44. The summed E-state index contributed by atoms with van der Waals surface area (Å²) < 4.78 is 60.7. The van der Waals surface area contributed by atoms with Crippen molar-refractivity contribution >= 4 is 12.6 Å². The maximum Gasteiger partial charge on any atom is 0.196 e. The van der Waals surface area contributed by atoms with Gasteiger partial charge < -0.3 is 0 Å². The number of rotatable bonds is 0. The highest BCUT2D eigenvalue weighted by molar-refractivity contribution is 7.82. The SMILES string of the molecule is CC1(S)C(F)=C(F)C(F)=C(F)C1F. The van der Waals surface area contributed by atoms with Crippen molar-refractivity contribution in [1.82, 2.24) is 0 Å². The summed E-state index contributed by atoms with van der Waals surface area (Å²) in [7, 11) is 0. The highest BCUT2D eigenvalue weighted by Gasteiger charge is 2.47. The topological polar surface area (TPSA) is 0 Å². The summed E-state index contributed by atoms with van der Waals surface area (Å²) in [6.45, 7) is 0.821. The molecule has 0 heterocycles. The van der Waals surface area contributed by atoms with E-state index in [1.807, 2.05) is 0 Å². The Balaban J connectivity index is 3.32. The van der Waals surface area contributed by atoms with Crippen LogP contribution in [0, 0.1) is 0 Å². The van der Waals surface area contributed by atoms with Crippen molar-refractivity contribution < 1.29 is 22.0 Å². The molecule has 74 valence electrons. The van der Waals surface area contributed by atoms with Gasteiger partial charge in [0.1, 0.15) is 4.75 Å². The minimum atomic E-state index is -2.62. The first-order valence-corrected chi connectivity index (χ1v) is 3.72. The molecule has 2 atom stereocenters. The third-order valence-corrected chi connectivity index (χ3v) is 2.18. The van der Waals surface area contributed by atoms with E-state index < -0.39 is 34.2 Å². The average Bonchev–Trinajstić information content (AvgIpc) is 2.09. The van der Waals surface area contributed by atoms with Crippen LogP contribution in [0.25, 0.3) is 0 Å². The van der Waals surface area contributed by atoms with Crippen LogP contribution in [-0.4, -0.2) is 10.9 Å². The molecule has 0 bridgehead atoms. The molecule has 0 aromatic rings. The van der Waals surface area contributed by atoms with Gasteiger partial charge in [0, 0.05) is 0 Å². The molecule has 1 rings (SSSR count). The van der Waals surface area contributed by atoms with Gasteiger partial charge in [-0.3, -0.25) is 0 Å². The van der Waals surface area contributed by atoms with Crippen LogP contribution in [0.5, 0.6) is 0 Å². The lowest BCUT2D eigenvalue weighted by molar-refractivity contribution is 0.238.